The van der Waals surface area contributed by atoms with Crippen LogP contribution < -0.4 is 10.3 Å². The Morgan fingerprint density at radius 2 is 1.88 bits per heavy atom. The van der Waals surface area contributed by atoms with E-state index >= 15 is 0 Å². The second kappa shape index (κ2) is 6.91. The molecule has 0 amide bonds. The topological polar surface area (TPSA) is 81.1 Å². The number of benzene rings is 1. The lowest BCUT2D eigenvalue weighted by atomic mass is 10.1. The van der Waals surface area contributed by atoms with Crippen LogP contribution in [-0.2, 0) is 17.1 Å². The van der Waals surface area contributed by atoms with Gasteiger partial charge >= 0.3 is 0 Å². The van der Waals surface area contributed by atoms with Gasteiger partial charge in [0.15, 0.2) is 0 Å². The lowest BCUT2D eigenvalue weighted by Crippen LogP contribution is -2.26. The van der Waals surface area contributed by atoms with Gasteiger partial charge in [0.25, 0.3) is 15.6 Å². The minimum Gasteiger partial charge on any atom is -0.268 e. The van der Waals surface area contributed by atoms with Gasteiger partial charge < -0.3 is 0 Å². The Hall–Kier alpha value is -2.29. The van der Waals surface area contributed by atoms with Crippen LogP contribution in [0, 0.1) is 0 Å². The van der Waals surface area contributed by atoms with E-state index in [-0.39, 0.29) is 15.8 Å². The summed E-state index contributed by atoms with van der Waals surface area (Å²) in [6, 6.07) is 13.6. The molecular formula is C17H17N3O3S2. The van der Waals surface area contributed by atoms with E-state index in [9.17, 15) is 13.2 Å². The summed E-state index contributed by atoms with van der Waals surface area (Å²) in [5, 5.41) is 5.86. The zero-order valence-corrected chi connectivity index (χ0v) is 15.3. The van der Waals surface area contributed by atoms with Crippen LogP contribution in [0.4, 0.5) is 0 Å². The van der Waals surface area contributed by atoms with Crippen LogP contribution in [0.15, 0.2) is 62.9 Å². The molecule has 3 rings (SSSR count). The van der Waals surface area contributed by atoms with Gasteiger partial charge in [0.2, 0.25) is 0 Å². The SMILES string of the molecule is C[C@H](NS(=O)(=O)c1cc(-c2ccc(=O)n(C)n2)cs1)c1ccccc1. The molecule has 0 unspecified atom stereocenters. The number of rotatable bonds is 5. The van der Waals surface area contributed by atoms with Crippen LogP contribution in [-0.4, -0.2) is 18.2 Å². The van der Waals surface area contributed by atoms with Crippen molar-refractivity contribution in [3.63, 3.8) is 0 Å². The maximum atomic E-state index is 12.6. The summed E-state index contributed by atoms with van der Waals surface area (Å²) in [4.78, 5) is 11.4. The molecule has 0 fully saturated rings. The van der Waals surface area contributed by atoms with Crippen molar-refractivity contribution in [2.75, 3.05) is 0 Å². The van der Waals surface area contributed by atoms with E-state index in [1.54, 1.807) is 31.5 Å². The quantitative estimate of drug-likeness (QED) is 0.743. The Bertz CT molecular complexity index is 1040. The van der Waals surface area contributed by atoms with Crippen molar-refractivity contribution in [1.29, 1.82) is 0 Å². The summed E-state index contributed by atoms with van der Waals surface area (Å²) in [5.74, 6) is 0. The number of nitrogens with zero attached hydrogens (tertiary/aromatic N) is 2. The van der Waals surface area contributed by atoms with Crippen molar-refractivity contribution in [2.45, 2.75) is 17.2 Å². The fraction of sp³-hybridized carbons (Fsp3) is 0.176. The Morgan fingerprint density at radius 1 is 1.16 bits per heavy atom. The van der Waals surface area contributed by atoms with Crippen LogP contribution in [0.25, 0.3) is 11.3 Å². The molecule has 0 aliphatic carbocycles. The lowest BCUT2D eigenvalue weighted by Gasteiger charge is -2.13. The third-order valence-electron chi connectivity index (χ3n) is 3.73. The molecule has 25 heavy (non-hydrogen) atoms. The van der Waals surface area contributed by atoms with Crippen molar-refractivity contribution in [3.8, 4) is 11.3 Å². The first-order valence-corrected chi connectivity index (χ1v) is 9.93. The molecule has 2 aromatic heterocycles. The van der Waals surface area contributed by atoms with E-state index in [0.717, 1.165) is 16.9 Å². The van der Waals surface area contributed by atoms with Crippen LogP contribution in [0.1, 0.15) is 18.5 Å². The Labute approximate surface area is 149 Å². The average molecular weight is 375 g/mol. The maximum Gasteiger partial charge on any atom is 0.266 e. The summed E-state index contributed by atoms with van der Waals surface area (Å²) in [7, 11) is -2.09. The number of thiophene rings is 1. The smallest absolute Gasteiger partial charge is 0.266 e. The predicted molar refractivity (Wildman–Crippen MR) is 98.0 cm³/mol. The summed E-state index contributed by atoms with van der Waals surface area (Å²) in [5.41, 5.74) is 1.89. The average Bonchev–Trinajstić information content (AvgIpc) is 3.09. The van der Waals surface area contributed by atoms with Crippen molar-refractivity contribution < 1.29 is 8.42 Å². The molecule has 0 spiro atoms. The minimum absolute atomic E-state index is 0.209. The first kappa shape index (κ1) is 17.5. The highest BCUT2D eigenvalue weighted by Gasteiger charge is 2.21. The summed E-state index contributed by atoms with van der Waals surface area (Å²) < 4.78 is 29.3. The zero-order chi connectivity index (χ0) is 18.0. The van der Waals surface area contributed by atoms with Gasteiger partial charge in [-0.05, 0) is 24.6 Å². The van der Waals surface area contributed by atoms with Gasteiger partial charge in [-0.1, -0.05) is 30.3 Å². The van der Waals surface area contributed by atoms with Gasteiger partial charge in [-0.25, -0.2) is 17.8 Å². The van der Waals surface area contributed by atoms with Crippen LogP contribution >= 0.6 is 11.3 Å². The molecular weight excluding hydrogens is 358 g/mol. The molecule has 1 aromatic carbocycles. The Kier molecular flexibility index (Phi) is 4.85. The highest BCUT2D eigenvalue weighted by molar-refractivity contribution is 7.91. The lowest BCUT2D eigenvalue weighted by molar-refractivity contribution is 0.569. The van der Waals surface area contributed by atoms with E-state index in [1.165, 1.54) is 10.7 Å². The molecule has 0 saturated heterocycles. The number of hydrogen-bond acceptors (Lipinski definition) is 5. The summed E-state index contributed by atoms with van der Waals surface area (Å²) in [6.45, 7) is 1.80. The minimum atomic E-state index is -3.64. The van der Waals surface area contributed by atoms with Crippen LogP contribution in [0.5, 0.6) is 0 Å². The van der Waals surface area contributed by atoms with E-state index < -0.39 is 10.0 Å². The molecule has 0 saturated carbocycles. The van der Waals surface area contributed by atoms with Crippen molar-refractivity contribution >= 4 is 21.4 Å². The molecule has 0 aliphatic rings. The molecule has 3 aromatic rings. The third-order valence-corrected chi connectivity index (χ3v) is 6.71. The van der Waals surface area contributed by atoms with Gasteiger partial charge in [0.05, 0.1) is 5.69 Å². The second-order valence-corrected chi connectivity index (χ2v) is 8.44. The standard InChI is InChI=1S/C17H17N3O3S2/c1-12(13-6-4-3-5-7-13)19-25(22,23)17-10-14(11-24-17)15-8-9-16(21)20(2)18-15/h3-12,19H,1-2H3/t12-/m0/s1. The van der Waals surface area contributed by atoms with Crippen LogP contribution in [0.3, 0.4) is 0 Å². The number of nitrogens with one attached hydrogen (secondary N) is 1. The summed E-state index contributed by atoms with van der Waals surface area (Å²) >= 11 is 1.12. The van der Waals surface area contributed by atoms with E-state index in [2.05, 4.69) is 9.82 Å². The fourth-order valence-corrected chi connectivity index (χ4v) is 4.77. The number of aryl methyl sites for hydroxylation is 1. The van der Waals surface area contributed by atoms with Crippen molar-refractivity contribution in [2.24, 2.45) is 7.05 Å². The molecule has 0 radical (unpaired) electrons. The van der Waals surface area contributed by atoms with E-state index in [0.29, 0.717) is 11.3 Å². The Morgan fingerprint density at radius 3 is 2.56 bits per heavy atom. The number of aromatic nitrogens is 2. The highest BCUT2D eigenvalue weighted by atomic mass is 32.2. The van der Waals surface area contributed by atoms with Crippen molar-refractivity contribution in [1.82, 2.24) is 14.5 Å². The van der Waals surface area contributed by atoms with E-state index in [1.807, 2.05) is 30.3 Å². The van der Waals surface area contributed by atoms with Gasteiger partial charge in [-0.2, -0.15) is 5.10 Å². The molecule has 1 atom stereocenters. The Balaban J connectivity index is 1.85. The van der Waals surface area contributed by atoms with Crippen LogP contribution in [0.2, 0.25) is 0 Å². The zero-order valence-electron chi connectivity index (χ0n) is 13.7. The highest BCUT2D eigenvalue weighted by Crippen LogP contribution is 2.28. The summed E-state index contributed by atoms with van der Waals surface area (Å²) in [6.07, 6.45) is 0. The molecule has 130 valence electrons. The van der Waals surface area contributed by atoms with Gasteiger partial charge in [-0.15, -0.1) is 11.3 Å². The third kappa shape index (κ3) is 3.87. The fourth-order valence-electron chi connectivity index (χ4n) is 2.35. The largest absolute Gasteiger partial charge is 0.268 e. The molecule has 8 heteroatoms. The van der Waals surface area contributed by atoms with E-state index in [4.69, 9.17) is 0 Å². The monoisotopic (exact) mass is 375 g/mol. The molecule has 2 heterocycles. The molecule has 0 aliphatic heterocycles. The maximum absolute atomic E-state index is 12.6. The molecule has 6 nitrogen and oxygen atoms in total. The van der Waals surface area contributed by atoms with Gasteiger partial charge in [0, 0.05) is 30.1 Å². The number of sulfonamides is 1. The normalized spacial score (nSPS) is 12.9. The van der Waals surface area contributed by atoms with Crippen molar-refractivity contribution in [3.05, 3.63) is 69.8 Å². The molecule has 1 N–H and O–H groups in total. The number of hydrogen-bond donors (Lipinski definition) is 1. The molecule has 0 bridgehead atoms. The van der Waals surface area contributed by atoms with Gasteiger partial charge in [0.1, 0.15) is 4.21 Å². The first-order valence-electron chi connectivity index (χ1n) is 7.57. The first-order chi connectivity index (χ1) is 11.9. The predicted octanol–water partition coefficient (Wildman–Crippen LogP) is 2.55. The van der Waals surface area contributed by atoms with Gasteiger partial charge in [-0.3, -0.25) is 4.79 Å². The second-order valence-electron chi connectivity index (χ2n) is 5.59.